The number of nitrogens with zero attached hydrogens (tertiary/aromatic N) is 4. The Kier molecular flexibility index (Phi) is 4.00. The quantitative estimate of drug-likeness (QED) is 0.763. The number of rotatable bonds is 4. The van der Waals surface area contributed by atoms with E-state index in [1.165, 1.54) is 17.1 Å². The summed E-state index contributed by atoms with van der Waals surface area (Å²) in [6.07, 6.45) is 0.324. The second-order valence-corrected chi connectivity index (χ2v) is 6.06. The molecule has 0 saturated heterocycles. The second kappa shape index (κ2) is 6.49. The van der Waals surface area contributed by atoms with Crippen molar-refractivity contribution in [2.75, 3.05) is 5.01 Å². The fourth-order valence-electron chi connectivity index (χ4n) is 2.74. The third-order valence-corrected chi connectivity index (χ3v) is 4.05. The van der Waals surface area contributed by atoms with Gasteiger partial charge in [-0.05, 0) is 49.4 Å². The second-order valence-electron chi connectivity index (χ2n) is 6.06. The zero-order chi connectivity index (χ0) is 19.0. The molecule has 1 N–H and O–H groups in total. The lowest BCUT2D eigenvalue weighted by Crippen LogP contribution is -2.19. The van der Waals surface area contributed by atoms with Crippen LogP contribution < -0.4 is 5.01 Å². The highest BCUT2D eigenvalue weighted by Crippen LogP contribution is 2.27. The Morgan fingerprint density at radius 1 is 1.07 bits per heavy atom. The summed E-state index contributed by atoms with van der Waals surface area (Å²) >= 11 is 0. The molecule has 1 aromatic heterocycles. The highest BCUT2D eigenvalue weighted by molar-refractivity contribution is 6.12. The molecule has 1 amide bonds. The number of aromatic carboxylic acids is 1. The van der Waals surface area contributed by atoms with E-state index >= 15 is 0 Å². The van der Waals surface area contributed by atoms with Gasteiger partial charge in [0.1, 0.15) is 0 Å². The van der Waals surface area contributed by atoms with Crippen LogP contribution in [0, 0.1) is 0 Å². The van der Waals surface area contributed by atoms with Crippen molar-refractivity contribution in [2.24, 2.45) is 5.10 Å². The van der Waals surface area contributed by atoms with Gasteiger partial charge >= 0.3 is 5.97 Å². The number of carboxylic acids is 1. The third kappa shape index (κ3) is 3.20. The van der Waals surface area contributed by atoms with Crippen LogP contribution in [0.3, 0.4) is 0 Å². The minimum atomic E-state index is -1.03. The standard InChI is InChI=1S/C19H14N4O4/c1-11-9-16(24)23(22-11)15-7-5-12(6-8-15)17-20-21-18(27-17)13-3-2-4-14(10-13)19(25)26/h2-8,10H,9H2,1H3,(H,25,26). The lowest BCUT2D eigenvalue weighted by atomic mass is 10.1. The molecule has 0 aliphatic carbocycles. The van der Waals surface area contributed by atoms with E-state index in [1.54, 1.807) is 36.4 Å². The van der Waals surface area contributed by atoms with Crippen LogP contribution in [-0.2, 0) is 4.79 Å². The topological polar surface area (TPSA) is 109 Å². The van der Waals surface area contributed by atoms with Crippen molar-refractivity contribution in [3.63, 3.8) is 0 Å². The summed E-state index contributed by atoms with van der Waals surface area (Å²) < 4.78 is 5.67. The molecule has 0 fully saturated rings. The molecule has 27 heavy (non-hydrogen) atoms. The summed E-state index contributed by atoms with van der Waals surface area (Å²) in [6.45, 7) is 1.81. The van der Waals surface area contributed by atoms with Crippen LogP contribution in [0.1, 0.15) is 23.7 Å². The lowest BCUT2D eigenvalue weighted by Gasteiger charge is -2.11. The van der Waals surface area contributed by atoms with Gasteiger partial charge < -0.3 is 9.52 Å². The normalized spacial score (nSPS) is 13.7. The number of carbonyl (C=O) groups is 2. The number of aromatic nitrogens is 2. The number of hydrazone groups is 1. The molecule has 4 rings (SSSR count). The number of amides is 1. The number of carbonyl (C=O) groups excluding carboxylic acids is 1. The number of hydrogen-bond acceptors (Lipinski definition) is 6. The smallest absolute Gasteiger partial charge is 0.335 e. The van der Waals surface area contributed by atoms with Crippen molar-refractivity contribution in [1.29, 1.82) is 0 Å². The van der Waals surface area contributed by atoms with E-state index in [9.17, 15) is 9.59 Å². The Bertz CT molecular complexity index is 1070. The van der Waals surface area contributed by atoms with Crippen LogP contribution in [0.4, 0.5) is 5.69 Å². The molecule has 1 aliphatic heterocycles. The van der Waals surface area contributed by atoms with Gasteiger partial charge in [0.05, 0.1) is 17.7 Å². The largest absolute Gasteiger partial charge is 0.478 e. The molecular formula is C19H14N4O4. The minimum absolute atomic E-state index is 0.0707. The van der Waals surface area contributed by atoms with Gasteiger partial charge in [-0.1, -0.05) is 6.07 Å². The maximum Gasteiger partial charge on any atom is 0.335 e. The van der Waals surface area contributed by atoms with E-state index in [1.807, 2.05) is 6.92 Å². The molecule has 0 unspecified atom stereocenters. The fraction of sp³-hybridized carbons (Fsp3) is 0.105. The number of benzene rings is 2. The predicted molar refractivity (Wildman–Crippen MR) is 97.3 cm³/mol. The predicted octanol–water partition coefficient (Wildman–Crippen LogP) is 3.21. The first kappa shape index (κ1) is 16.6. The van der Waals surface area contributed by atoms with E-state index < -0.39 is 5.97 Å². The summed E-state index contributed by atoms with van der Waals surface area (Å²) in [5.41, 5.74) is 2.78. The van der Waals surface area contributed by atoms with Gasteiger partial charge in [-0.25, -0.2) is 9.80 Å². The first-order valence-electron chi connectivity index (χ1n) is 8.16. The Morgan fingerprint density at radius 2 is 1.78 bits per heavy atom. The van der Waals surface area contributed by atoms with Gasteiger partial charge in [0.15, 0.2) is 0 Å². The van der Waals surface area contributed by atoms with E-state index in [0.717, 1.165) is 5.71 Å². The van der Waals surface area contributed by atoms with Crippen molar-refractivity contribution in [2.45, 2.75) is 13.3 Å². The average molecular weight is 362 g/mol. The first-order valence-corrected chi connectivity index (χ1v) is 8.16. The zero-order valence-corrected chi connectivity index (χ0v) is 14.3. The van der Waals surface area contributed by atoms with Crippen molar-refractivity contribution < 1.29 is 19.1 Å². The molecule has 8 nitrogen and oxygen atoms in total. The molecule has 0 spiro atoms. The average Bonchev–Trinajstić information content (AvgIpc) is 3.28. The van der Waals surface area contributed by atoms with Crippen molar-refractivity contribution >= 4 is 23.3 Å². The molecule has 1 aliphatic rings. The van der Waals surface area contributed by atoms with E-state index in [2.05, 4.69) is 15.3 Å². The van der Waals surface area contributed by atoms with Crippen LogP contribution >= 0.6 is 0 Å². The summed E-state index contributed by atoms with van der Waals surface area (Å²) in [6, 6.07) is 13.3. The van der Waals surface area contributed by atoms with Crippen LogP contribution in [0.15, 0.2) is 58.0 Å². The maximum atomic E-state index is 11.9. The highest BCUT2D eigenvalue weighted by Gasteiger charge is 2.22. The summed E-state index contributed by atoms with van der Waals surface area (Å²) in [5, 5.41) is 22.7. The molecule has 8 heteroatoms. The third-order valence-electron chi connectivity index (χ3n) is 4.05. The van der Waals surface area contributed by atoms with Crippen molar-refractivity contribution in [3.05, 3.63) is 54.1 Å². The molecule has 2 heterocycles. The first-order chi connectivity index (χ1) is 13.0. The van der Waals surface area contributed by atoms with Crippen LogP contribution in [-0.4, -0.2) is 32.9 Å². The van der Waals surface area contributed by atoms with Gasteiger partial charge in [0.2, 0.25) is 11.8 Å². The van der Waals surface area contributed by atoms with Crippen molar-refractivity contribution in [3.8, 4) is 22.9 Å². The van der Waals surface area contributed by atoms with Gasteiger partial charge in [-0.2, -0.15) is 5.10 Å². The zero-order valence-electron chi connectivity index (χ0n) is 14.3. The molecular weight excluding hydrogens is 348 g/mol. The number of carboxylic acid groups (broad SMARTS) is 1. The fourth-order valence-corrected chi connectivity index (χ4v) is 2.74. The monoisotopic (exact) mass is 362 g/mol. The summed E-state index contributed by atoms with van der Waals surface area (Å²) in [4.78, 5) is 23.0. The summed E-state index contributed by atoms with van der Waals surface area (Å²) in [7, 11) is 0. The van der Waals surface area contributed by atoms with Crippen LogP contribution in [0.5, 0.6) is 0 Å². The maximum absolute atomic E-state index is 11.9. The minimum Gasteiger partial charge on any atom is -0.478 e. The highest BCUT2D eigenvalue weighted by atomic mass is 16.4. The number of anilines is 1. The van der Waals surface area contributed by atoms with Gasteiger partial charge in [-0.3, -0.25) is 4.79 Å². The molecule has 0 atom stereocenters. The summed E-state index contributed by atoms with van der Waals surface area (Å²) in [5.74, 6) is -0.572. The Labute approximate surface area is 153 Å². The number of hydrogen-bond donors (Lipinski definition) is 1. The Morgan fingerprint density at radius 3 is 2.41 bits per heavy atom. The molecule has 2 aromatic carbocycles. The molecule has 0 radical (unpaired) electrons. The van der Waals surface area contributed by atoms with E-state index in [0.29, 0.717) is 29.1 Å². The molecule has 134 valence electrons. The molecule has 0 bridgehead atoms. The van der Waals surface area contributed by atoms with Gasteiger partial charge in [0.25, 0.3) is 5.91 Å². The van der Waals surface area contributed by atoms with Gasteiger partial charge in [0, 0.05) is 16.8 Å². The Hall–Kier alpha value is -3.81. The Balaban J connectivity index is 1.59. The lowest BCUT2D eigenvalue weighted by molar-refractivity contribution is -0.116. The SMILES string of the molecule is CC1=NN(c2ccc(-c3nnc(-c4cccc(C(=O)O)c4)o3)cc2)C(=O)C1. The van der Waals surface area contributed by atoms with Crippen LogP contribution in [0.25, 0.3) is 22.9 Å². The van der Waals surface area contributed by atoms with E-state index in [4.69, 9.17) is 9.52 Å². The van der Waals surface area contributed by atoms with Crippen molar-refractivity contribution in [1.82, 2.24) is 10.2 Å². The van der Waals surface area contributed by atoms with E-state index in [-0.39, 0.29) is 17.4 Å². The van der Waals surface area contributed by atoms with Crippen LogP contribution in [0.2, 0.25) is 0 Å². The molecule has 0 saturated carbocycles. The van der Waals surface area contributed by atoms with Gasteiger partial charge in [-0.15, -0.1) is 10.2 Å². The molecule has 3 aromatic rings.